The molecule has 0 bridgehead atoms. The fraction of sp³-hybridized carbons (Fsp3) is 0.650. The van der Waals surface area contributed by atoms with Crippen LogP contribution in [0.5, 0.6) is 0 Å². The van der Waals surface area contributed by atoms with Gasteiger partial charge in [0.15, 0.2) is 0 Å². The van der Waals surface area contributed by atoms with E-state index in [9.17, 15) is 4.79 Å². The summed E-state index contributed by atoms with van der Waals surface area (Å²) in [6.07, 6.45) is 6.38. The second-order valence-corrected chi connectivity index (χ2v) is 7.80. The lowest BCUT2D eigenvalue weighted by molar-refractivity contribution is -0.126. The van der Waals surface area contributed by atoms with Crippen LogP contribution in [0.3, 0.4) is 0 Å². The summed E-state index contributed by atoms with van der Waals surface area (Å²) < 4.78 is 0. The molecule has 1 aliphatic carbocycles. The van der Waals surface area contributed by atoms with Crippen molar-refractivity contribution in [1.82, 2.24) is 10.2 Å². The van der Waals surface area contributed by atoms with Gasteiger partial charge >= 0.3 is 0 Å². The van der Waals surface area contributed by atoms with Gasteiger partial charge in [-0.3, -0.25) is 9.69 Å². The molecule has 1 saturated heterocycles. The van der Waals surface area contributed by atoms with Gasteiger partial charge in [-0.2, -0.15) is 0 Å². The van der Waals surface area contributed by atoms with Gasteiger partial charge in [0.05, 0.1) is 5.54 Å². The predicted octanol–water partition coefficient (Wildman–Crippen LogP) is 2.81. The number of carbonyl (C=O) groups excluding carboxylic acids is 1. The van der Waals surface area contributed by atoms with Gasteiger partial charge in [0.2, 0.25) is 5.91 Å². The van der Waals surface area contributed by atoms with E-state index in [-0.39, 0.29) is 5.91 Å². The third kappa shape index (κ3) is 4.17. The average molecular weight is 329 g/mol. The summed E-state index contributed by atoms with van der Waals surface area (Å²) in [7, 11) is 0. The molecule has 1 aromatic carbocycles. The van der Waals surface area contributed by atoms with Crippen molar-refractivity contribution in [2.75, 3.05) is 13.1 Å². The van der Waals surface area contributed by atoms with Crippen LogP contribution in [0.2, 0.25) is 0 Å². The highest BCUT2D eigenvalue weighted by Crippen LogP contribution is 2.27. The molecule has 0 radical (unpaired) electrons. The Morgan fingerprint density at radius 2 is 1.96 bits per heavy atom. The van der Waals surface area contributed by atoms with E-state index in [0.29, 0.717) is 6.54 Å². The topological polar surface area (TPSA) is 58.4 Å². The maximum Gasteiger partial charge on any atom is 0.240 e. The third-order valence-corrected chi connectivity index (χ3v) is 5.64. The second-order valence-electron chi connectivity index (χ2n) is 7.80. The molecule has 1 aromatic rings. The van der Waals surface area contributed by atoms with Gasteiger partial charge in [-0.25, -0.2) is 0 Å². The van der Waals surface area contributed by atoms with E-state index in [4.69, 9.17) is 5.73 Å². The highest BCUT2D eigenvalue weighted by Gasteiger charge is 2.36. The number of nitrogens with one attached hydrogen (secondary N) is 1. The Morgan fingerprint density at radius 3 is 2.67 bits per heavy atom. The third-order valence-electron chi connectivity index (χ3n) is 5.64. The molecule has 1 atom stereocenters. The molecular formula is C20H31N3O. The van der Waals surface area contributed by atoms with Gasteiger partial charge in [0.25, 0.3) is 0 Å². The molecule has 1 saturated carbocycles. The number of nitrogens with two attached hydrogens (primary N) is 1. The number of benzene rings is 1. The van der Waals surface area contributed by atoms with Crippen molar-refractivity contribution in [3.63, 3.8) is 0 Å². The van der Waals surface area contributed by atoms with Crippen LogP contribution in [-0.2, 0) is 17.9 Å². The minimum Gasteiger partial charge on any atom is -0.350 e. The van der Waals surface area contributed by atoms with Gasteiger partial charge in [-0.15, -0.1) is 0 Å². The van der Waals surface area contributed by atoms with E-state index in [1.54, 1.807) is 0 Å². The molecular weight excluding hydrogens is 298 g/mol. The van der Waals surface area contributed by atoms with Crippen LogP contribution in [0.1, 0.15) is 56.6 Å². The Morgan fingerprint density at radius 1 is 1.25 bits per heavy atom. The van der Waals surface area contributed by atoms with Crippen LogP contribution in [0.15, 0.2) is 24.3 Å². The van der Waals surface area contributed by atoms with Crippen LogP contribution in [0, 0.1) is 5.92 Å². The predicted molar refractivity (Wildman–Crippen MR) is 97.4 cm³/mol. The minimum atomic E-state index is -0.642. The van der Waals surface area contributed by atoms with Gasteiger partial charge < -0.3 is 11.1 Å². The molecule has 4 heteroatoms. The van der Waals surface area contributed by atoms with E-state index < -0.39 is 5.54 Å². The Hall–Kier alpha value is -1.39. The summed E-state index contributed by atoms with van der Waals surface area (Å²) >= 11 is 0. The molecule has 1 amide bonds. The molecule has 4 nitrogen and oxygen atoms in total. The van der Waals surface area contributed by atoms with Crippen molar-refractivity contribution in [3.05, 3.63) is 35.4 Å². The second kappa shape index (κ2) is 7.66. The van der Waals surface area contributed by atoms with Crippen molar-refractivity contribution in [1.29, 1.82) is 0 Å². The maximum absolute atomic E-state index is 12.4. The van der Waals surface area contributed by atoms with Crippen molar-refractivity contribution >= 4 is 5.91 Å². The lowest BCUT2D eigenvalue weighted by Crippen LogP contribution is -2.51. The van der Waals surface area contributed by atoms with Gasteiger partial charge in [0, 0.05) is 19.6 Å². The fourth-order valence-corrected chi connectivity index (χ4v) is 4.14. The molecule has 2 fully saturated rings. The summed E-state index contributed by atoms with van der Waals surface area (Å²) in [5.74, 6) is 0.798. The summed E-state index contributed by atoms with van der Waals surface area (Å²) in [5, 5.41) is 3.09. The van der Waals surface area contributed by atoms with Crippen LogP contribution in [-0.4, -0.2) is 29.4 Å². The van der Waals surface area contributed by atoms with Crippen molar-refractivity contribution in [2.45, 2.75) is 64.1 Å². The number of likely N-dealkylation sites (tertiary alicyclic amines) is 1. The molecule has 1 aliphatic heterocycles. The first-order chi connectivity index (χ1) is 11.6. The largest absolute Gasteiger partial charge is 0.350 e. The lowest BCUT2D eigenvalue weighted by Gasteiger charge is -2.31. The number of nitrogens with zero attached hydrogens (tertiary/aromatic N) is 1. The number of hydrogen-bond acceptors (Lipinski definition) is 3. The summed E-state index contributed by atoms with van der Waals surface area (Å²) in [4.78, 5) is 15.0. The van der Waals surface area contributed by atoms with Crippen molar-refractivity contribution < 1.29 is 4.79 Å². The number of amides is 1. The van der Waals surface area contributed by atoms with Crippen LogP contribution < -0.4 is 11.1 Å². The zero-order valence-electron chi connectivity index (χ0n) is 14.9. The molecule has 132 valence electrons. The van der Waals surface area contributed by atoms with Gasteiger partial charge in [-0.1, -0.05) is 44.0 Å². The molecule has 1 unspecified atom stereocenters. The number of rotatable bonds is 5. The molecule has 24 heavy (non-hydrogen) atoms. The standard InChI is InChI=1S/C20H31N3O/c1-16-7-6-12-23(14-16)15-18-9-3-2-8-17(18)13-22-19(24)20(21)10-4-5-11-20/h2-3,8-9,16H,4-7,10-15,21H2,1H3,(H,22,24). The Bertz CT molecular complexity index is 566. The molecule has 3 rings (SSSR count). The minimum absolute atomic E-state index is 0.0152. The van der Waals surface area contributed by atoms with E-state index >= 15 is 0 Å². The molecule has 2 aliphatic rings. The quantitative estimate of drug-likeness (QED) is 0.873. The lowest BCUT2D eigenvalue weighted by atomic mass is 9.97. The van der Waals surface area contributed by atoms with Gasteiger partial charge in [-0.05, 0) is 49.3 Å². The monoisotopic (exact) mass is 329 g/mol. The summed E-state index contributed by atoms with van der Waals surface area (Å²) in [6.45, 7) is 6.24. The van der Waals surface area contributed by atoms with Crippen molar-refractivity contribution in [3.8, 4) is 0 Å². The Kier molecular flexibility index (Phi) is 5.57. The first-order valence-corrected chi connectivity index (χ1v) is 9.43. The smallest absolute Gasteiger partial charge is 0.240 e. The fourth-order valence-electron chi connectivity index (χ4n) is 4.14. The van der Waals surface area contributed by atoms with E-state index in [1.807, 2.05) is 0 Å². The zero-order chi connectivity index (χ0) is 17.0. The summed E-state index contributed by atoms with van der Waals surface area (Å²) in [5.41, 5.74) is 8.14. The van der Waals surface area contributed by atoms with Crippen molar-refractivity contribution in [2.24, 2.45) is 11.7 Å². The highest BCUT2D eigenvalue weighted by molar-refractivity contribution is 5.86. The van der Waals surface area contributed by atoms with E-state index in [2.05, 4.69) is 41.4 Å². The highest BCUT2D eigenvalue weighted by atomic mass is 16.2. The first-order valence-electron chi connectivity index (χ1n) is 9.43. The Balaban J connectivity index is 1.60. The van der Waals surface area contributed by atoms with Gasteiger partial charge in [0.1, 0.15) is 0 Å². The average Bonchev–Trinajstić information content (AvgIpc) is 3.02. The maximum atomic E-state index is 12.4. The molecule has 0 spiro atoms. The zero-order valence-corrected chi connectivity index (χ0v) is 14.9. The Labute approximate surface area is 145 Å². The molecule has 1 heterocycles. The number of hydrogen-bond donors (Lipinski definition) is 2. The summed E-state index contributed by atoms with van der Waals surface area (Å²) in [6, 6.07) is 8.46. The normalized spacial score (nSPS) is 24.0. The first kappa shape index (κ1) is 17.4. The van der Waals surface area contributed by atoms with E-state index in [0.717, 1.165) is 38.1 Å². The number of piperidine rings is 1. The van der Waals surface area contributed by atoms with E-state index in [1.165, 1.54) is 37.1 Å². The SMILES string of the molecule is CC1CCCN(Cc2ccccc2CNC(=O)C2(N)CCCC2)C1. The van der Waals surface area contributed by atoms with Crippen LogP contribution in [0.25, 0.3) is 0 Å². The molecule has 0 aromatic heterocycles. The molecule has 3 N–H and O–H groups in total. The van der Waals surface area contributed by atoms with Crippen LogP contribution in [0.4, 0.5) is 0 Å². The van der Waals surface area contributed by atoms with Crippen LogP contribution >= 0.6 is 0 Å². The number of carbonyl (C=O) groups is 1.